The number of carbonyl (C=O) groups excluding carboxylic acids is 2. The van der Waals surface area contributed by atoms with Gasteiger partial charge in [-0.05, 0) is 26.6 Å². The van der Waals surface area contributed by atoms with Crippen molar-refractivity contribution in [2.75, 3.05) is 21.2 Å². The van der Waals surface area contributed by atoms with Crippen LogP contribution in [0.2, 0.25) is 0 Å². The van der Waals surface area contributed by atoms with Crippen LogP contribution >= 0.6 is 0 Å². The summed E-state index contributed by atoms with van der Waals surface area (Å²) in [4.78, 5) is 22.2. The number of aryl methyl sites for hydroxylation is 1. The monoisotopic (exact) mass is 223 g/mol. The number of carbonyl (C=O) groups is 2. The minimum atomic E-state index is -0.825. The van der Waals surface area contributed by atoms with Gasteiger partial charge in [0.05, 0.1) is 7.11 Å². The standard InChI is InChI=1S/C10H10O3.C2H7N/c1-7-5-3-4-6-8(7)9(11)10(12)13-2;1-3-2/h3-6H,1-2H3;3H,1-2H3. The average molecular weight is 223 g/mol. The topological polar surface area (TPSA) is 55.4 Å². The van der Waals surface area contributed by atoms with Crippen molar-refractivity contribution in [3.8, 4) is 0 Å². The van der Waals surface area contributed by atoms with E-state index in [-0.39, 0.29) is 0 Å². The van der Waals surface area contributed by atoms with Crippen LogP contribution in [-0.4, -0.2) is 33.0 Å². The highest BCUT2D eigenvalue weighted by Crippen LogP contribution is 2.08. The van der Waals surface area contributed by atoms with E-state index < -0.39 is 11.8 Å². The third-order valence-electron chi connectivity index (χ3n) is 1.76. The molecule has 16 heavy (non-hydrogen) atoms. The summed E-state index contributed by atoms with van der Waals surface area (Å²) >= 11 is 0. The highest BCUT2D eigenvalue weighted by Gasteiger charge is 2.17. The molecule has 1 aromatic carbocycles. The van der Waals surface area contributed by atoms with E-state index in [1.54, 1.807) is 25.1 Å². The average Bonchev–Trinajstić information content (AvgIpc) is 2.29. The van der Waals surface area contributed by atoms with Crippen molar-refractivity contribution in [3.63, 3.8) is 0 Å². The van der Waals surface area contributed by atoms with Crippen molar-refractivity contribution in [2.24, 2.45) is 0 Å². The molecule has 0 unspecified atom stereocenters. The van der Waals surface area contributed by atoms with E-state index in [1.807, 2.05) is 20.2 Å². The third kappa shape index (κ3) is 4.23. The molecule has 0 aromatic heterocycles. The SMILES string of the molecule is CNC.COC(=O)C(=O)c1ccccc1C. The molecular formula is C12H17NO3. The lowest BCUT2D eigenvalue weighted by Gasteiger charge is -2.01. The Morgan fingerprint density at radius 1 is 1.19 bits per heavy atom. The van der Waals surface area contributed by atoms with Crippen molar-refractivity contribution in [1.29, 1.82) is 0 Å². The normalized spacial score (nSPS) is 8.75. The van der Waals surface area contributed by atoms with Gasteiger partial charge in [0.15, 0.2) is 0 Å². The fourth-order valence-electron chi connectivity index (χ4n) is 1.03. The zero-order chi connectivity index (χ0) is 12.6. The summed E-state index contributed by atoms with van der Waals surface area (Å²) in [6, 6.07) is 6.90. The molecule has 0 aliphatic carbocycles. The summed E-state index contributed by atoms with van der Waals surface area (Å²) in [5, 5.41) is 2.75. The lowest BCUT2D eigenvalue weighted by Crippen LogP contribution is -2.16. The highest BCUT2D eigenvalue weighted by atomic mass is 16.5. The number of nitrogens with one attached hydrogen (secondary N) is 1. The predicted octanol–water partition coefficient (Wildman–Crippen LogP) is 1.19. The Morgan fingerprint density at radius 2 is 1.69 bits per heavy atom. The highest BCUT2D eigenvalue weighted by molar-refractivity contribution is 6.40. The molecule has 0 atom stereocenters. The lowest BCUT2D eigenvalue weighted by atomic mass is 10.1. The molecule has 0 spiro atoms. The maximum absolute atomic E-state index is 11.3. The van der Waals surface area contributed by atoms with Gasteiger partial charge in [-0.3, -0.25) is 4.79 Å². The Morgan fingerprint density at radius 3 is 2.12 bits per heavy atom. The van der Waals surface area contributed by atoms with Crippen LogP contribution in [0.3, 0.4) is 0 Å². The molecule has 0 heterocycles. The van der Waals surface area contributed by atoms with Crippen LogP contribution in [-0.2, 0) is 9.53 Å². The van der Waals surface area contributed by atoms with Crippen LogP contribution in [0.1, 0.15) is 15.9 Å². The van der Waals surface area contributed by atoms with E-state index in [0.29, 0.717) is 5.56 Å². The van der Waals surface area contributed by atoms with Crippen LogP contribution in [0.15, 0.2) is 24.3 Å². The largest absolute Gasteiger partial charge is 0.463 e. The zero-order valence-electron chi connectivity index (χ0n) is 10.0. The van der Waals surface area contributed by atoms with Gasteiger partial charge in [0, 0.05) is 5.56 Å². The van der Waals surface area contributed by atoms with Crippen molar-refractivity contribution in [2.45, 2.75) is 6.92 Å². The van der Waals surface area contributed by atoms with Crippen LogP contribution < -0.4 is 5.32 Å². The van der Waals surface area contributed by atoms with Crippen molar-refractivity contribution < 1.29 is 14.3 Å². The van der Waals surface area contributed by atoms with Gasteiger partial charge < -0.3 is 10.1 Å². The van der Waals surface area contributed by atoms with Gasteiger partial charge in [0.25, 0.3) is 5.78 Å². The fraction of sp³-hybridized carbons (Fsp3) is 0.333. The van der Waals surface area contributed by atoms with Crippen molar-refractivity contribution >= 4 is 11.8 Å². The molecule has 0 amide bonds. The summed E-state index contributed by atoms with van der Waals surface area (Å²) in [6.07, 6.45) is 0. The molecule has 0 bridgehead atoms. The number of benzene rings is 1. The first-order valence-electron chi connectivity index (χ1n) is 4.85. The first-order valence-corrected chi connectivity index (χ1v) is 4.85. The second kappa shape index (κ2) is 7.59. The number of hydrogen-bond acceptors (Lipinski definition) is 4. The van der Waals surface area contributed by atoms with Crippen LogP contribution in [0, 0.1) is 6.92 Å². The molecule has 0 aliphatic heterocycles. The Hall–Kier alpha value is -1.68. The zero-order valence-corrected chi connectivity index (χ0v) is 10.0. The van der Waals surface area contributed by atoms with Gasteiger partial charge in [0.2, 0.25) is 0 Å². The van der Waals surface area contributed by atoms with E-state index in [0.717, 1.165) is 5.56 Å². The van der Waals surface area contributed by atoms with Gasteiger partial charge in [0.1, 0.15) is 0 Å². The quantitative estimate of drug-likeness (QED) is 0.465. The number of hydrogen-bond donors (Lipinski definition) is 1. The minimum absolute atomic E-state index is 0.398. The Labute approximate surface area is 95.6 Å². The predicted molar refractivity (Wildman–Crippen MR) is 62.5 cm³/mol. The second-order valence-corrected chi connectivity index (χ2v) is 3.14. The molecule has 0 radical (unpaired) electrons. The van der Waals surface area contributed by atoms with Gasteiger partial charge >= 0.3 is 5.97 Å². The molecular weight excluding hydrogens is 206 g/mol. The van der Waals surface area contributed by atoms with Crippen LogP contribution in [0.5, 0.6) is 0 Å². The maximum atomic E-state index is 11.3. The van der Waals surface area contributed by atoms with Gasteiger partial charge in [-0.25, -0.2) is 4.79 Å². The number of ether oxygens (including phenoxy) is 1. The van der Waals surface area contributed by atoms with E-state index in [4.69, 9.17) is 0 Å². The van der Waals surface area contributed by atoms with Gasteiger partial charge in [-0.2, -0.15) is 0 Å². The number of Topliss-reactive ketones (excluding diaryl/α,β-unsaturated/α-hetero) is 1. The molecule has 1 N–H and O–H groups in total. The van der Waals surface area contributed by atoms with Crippen molar-refractivity contribution in [1.82, 2.24) is 5.32 Å². The summed E-state index contributed by atoms with van der Waals surface area (Å²) in [7, 11) is 4.94. The Kier molecular flexibility index (Phi) is 6.79. The molecule has 1 aromatic rings. The van der Waals surface area contributed by atoms with E-state index in [1.165, 1.54) is 7.11 Å². The number of rotatable bonds is 2. The lowest BCUT2D eigenvalue weighted by molar-refractivity contribution is -0.135. The summed E-state index contributed by atoms with van der Waals surface area (Å²) in [5.74, 6) is -1.42. The van der Waals surface area contributed by atoms with Gasteiger partial charge in [-0.1, -0.05) is 24.3 Å². The molecule has 4 nitrogen and oxygen atoms in total. The number of methoxy groups -OCH3 is 1. The molecule has 0 fully saturated rings. The molecule has 4 heteroatoms. The summed E-state index contributed by atoms with van der Waals surface area (Å²) in [5.41, 5.74) is 1.17. The van der Waals surface area contributed by atoms with E-state index in [2.05, 4.69) is 10.1 Å². The van der Waals surface area contributed by atoms with Crippen molar-refractivity contribution in [3.05, 3.63) is 35.4 Å². The first kappa shape index (κ1) is 14.3. The second-order valence-electron chi connectivity index (χ2n) is 3.14. The Balaban J connectivity index is 0.000000673. The van der Waals surface area contributed by atoms with E-state index in [9.17, 15) is 9.59 Å². The molecule has 1 rings (SSSR count). The molecule has 0 saturated carbocycles. The Bertz CT molecular complexity index is 361. The molecule has 88 valence electrons. The fourth-order valence-corrected chi connectivity index (χ4v) is 1.03. The molecule has 0 saturated heterocycles. The maximum Gasteiger partial charge on any atom is 0.379 e. The summed E-state index contributed by atoms with van der Waals surface area (Å²) in [6.45, 7) is 1.77. The third-order valence-corrected chi connectivity index (χ3v) is 1.76. The van der Waals surface area contributed by atoms with E-state index >= 15 is 0 Å². The van der Waals surface area contributed by atoms with Crippen LogP contribution in [0.25, 0.3) is 0 Å². The minimum Gasteiger partial charge on any atom is -0.463 e. The van der Waals surface area contributed by atoms with Gasteiger partial charge in [-0.15, -0.1) is 0 Å². The molecule has 0 aliphatic rings. The number of ketones is 1. The van der Waals surface area contributed by atoms with Crippen LogP contribution in [0.4, 0.5) is 0 Å². The number of esters is 1. The smallest absolute Gasteiger partial charge is 0.379 e. The first-order chi connectivity index (χ1) is 7.58. The summed E-state index contributed by atoms with van der Waals surface area (Å²) < 4.78 is 4.33.